The first-order chi connectivity index (χ1) is 11.1. The quantitative estimate of drug-likeness (QED) is 0.875. The molecule has 2 aromatic carbocycles. The topological polar surface area (TPSA) is 15.3 Å². The normalized spacial score (nSPS) is 15.0. The molecule has 0 aliphatic carbocycles. The van der Waals surface area contributed by atoms with E-state index in [2.05, 4.69) is 53.5 Å². The number of hydrogen-bond donors (Lipinski definition) is 1. The fourth-order valence-corrected chi connectivity index (χ4v) is 3.51. The Labute approximate surface area is 148 Å². The number of aryl methyl sites for hydroxylation is 3. The number of hydrogen-bond acceptors (Lipinski definition) is 2. The van der Waals surface area contributed by atoms with Crippen molar-refractivity contribution in [3.8, 4) is 0 Å². The highest BCUT2D eigenvalue weighted by Crippen LogP contribution is 2.36. The van der Waals surface area contributed by atoms with Crippen molar-refractivity contribution in [3.05, 3.63) is 63.1 Å². The van der Waals surface area contributed by atoms with Gasteiger partial charge in [0.15, 0.2) is 0 Å². The lowest BCUT2D eigenvalue weighted by Crippen LogP contribution is -2.43. The summed E-state index contributed by atoms with van der Waals surface area (Å²) >= 11 is 13.1. The van der Waals surface area contributed by atoms with Crippen LogP contribution in [0.1, 0.15) is 16.7 Å². The second-order valence-corrected chi connectivity index (χ2v) is 6.85. The Kier molecular flexibility index (Phi) is 5.47. The smallest absolute Gasteiger partial charge is 0.0828 e. The number of halogens is 2. The molecule has 3 rings (SSSR count). The molecule has 1 saturated heterocycles. The van der Waals surface area contributed by atoms with Crippen molar-refractivity contribution < 1.29 is 0 Å². The lowest BCUT2D eigenvalue weighted by molar-refractivity contribution is 0.589. The van der Waals surface area contributed by atoms with Crippen LogP contribution >= 0.6 is 23.2 Å². The van der Waals surface area contributed by atoms with Gasteiger partial charge in [0, 0.05) is 26.2 Å². The predicted molar refractivity (Wildman–Crippen MR) is 100 cm³/mol. The molecule has 0 aromatic heterocycles. The van der Waals surface area contributed by atoms with E-state index in [-0.39, 0.29) is 0 Å². The third-order valence-electron chi connectivity index (χ3n) is 4.40. The fraction of sp³-hybridized carbons (Fsp3) is 0.368. The van der Waals surface area contributed by atoms with E-state index >= 15 is 0 Å². The van der Waals surface area contributed by atoms with Crippen LogP contribution in [-0.4, -0.2) is 26.2 Å². The second kappa shape index (κ2) is 7.57. The van der Waals surface area contributed by atoms with E-state index in [1.165, 1.54) is 11.1 Å². The van der Waals surface area contributed by atoms with E-state index in [1.54, 1.807) is 0 Å². The Hall–Kier alpha value is -1.22. The van der Waals surface area contributed by atoms with Crippen molar-refractivity contribution in [2.75, 3.05) is 31.1 Å². The summed E-state index contributed by atoms with van der Waals surface area (Å²) in [4.78, 5) is 2.30. The molecule has 1 N–H and O–H groups in total. The highest BCUT2D eigenvalue weighted by Gasteiger charge is 2.17. The number of piperazine rings is 1. The molecule has 23 heavy (non-hydrogen) atoms. The van der Waals surface area contributed by atoms with Gasteiger partial charge in [-0.25, -0.2) is 0 Å². The van der Waals surface area contributed by atoms with E-state index in [4.69, 9.17) is 23.2 Å². The Morgan fingerprint density at radius 1 is 0.913 bits per heavy atom. The van der Waals surface area contributed by atoms with Crippen LogP contribution in [0.2, 0.25) is 10.0 Å². The summed E-state index contributed by atoms with van der Waals surface area (Å²) in [7, 11) is 0. The number of benzene rings is 2. The van der Waals surface area contributed by atoms with Gasteiger partial charge in [-0.15, -0.1) is 0 Å². The summed E-state index contributed by atoms with van der Waals surface area (Å²) in [6.07, 6.45) is 1.88. The van der Waals surface area contributed by atoms with Gasteiger partial charge in [0.1, 0.15) is 0 Å². The van der Waals surface area contributed by atoms with Crippen molar-refractivity contribution in [3.63, 3.8) is 0 Å². The maximum absolute atomic E-state index is 6.54. The standard InChI is InChI=1S/C19H22Cl2N2/c1-14-2-4-15(5-3-14)6-7-16-8-9-17(19(21)18(16)20)23-12-10-22-11-13-23/h2-5,8-9,22H,6-7,10-13H2,1H3. The molecule has 0 unspecified atom stereocenters. The van der Waals surface area contributed by atoms with Gasteiger partial charge in [-0.3, -0.25) is 0 Å². The van der Waals surface area contributed by atoms with E-state index < -0.39 is 0 Å². The van der Waals surface area contributed by atoms with Crippen LogP contribution < -0.4 is 10.2 Å². The lowest BCUT2D eigenvalue weighted by Gasteiger charge is -2.30. The van der Waals surface area contributed by atoms with Crippen molar-refractivity contribution >= 4 is 28.9 Å². The molecule has 0 saturated carbocycles. The second-order valence-electron chi connectivity index (χ2n) is 6.09. The van der Waals surface area contributed by atoms with E-state index in [0.29, 0.717) is 10.0 Å². The van der Waals surface area contributed by atoms with Crippen molar-refractivity contribution in [2.24, 2.45) is 0 Å². The third kappa shape index (κ3) is 4.00. The molecule has 122 valence electrons. The first-order valence-electron chi connectivity index (χ1n) is 8.13. The minimum absolute atomic E-state index is 0.690. The molecular formula is C19H22Cl2N2. The summed E-state index contributed by atoms with van der Waals surface area (Å²) in [5, 5.41) is 4.75. The van der Waals surface area contributed by atoms with Crippen LogP contribution in [0.4, 0.5) is 5.69 Å². The molecule has 0 radical (unpaired) electrons. The van der Waals surface area contributed by atoms with Crippen molar-refractivity contribution in [1.29, 1.82) is 0 Å². The van der Waals surface area contributed by atoms with Crippen molar-refractivity contribution in [1.82, 2.24) is 5.32 Å². The Morgan fingerprint density at radius 2 is 1.61 bits per heavy atom. The third-order valence-corrected chi connectivity index (χ3v) is 5.31. The molecule has 0 bridgehead atoms. The first kappa shape index (κ1) is 16.6. The molecular weight excluding hydrogens is 327 g/mol. The Morgan fingerprint density at radius 3 is 2.30 bits per heavy atom. The molecule has 2 nitrogen and oxygen atoms in total. The highest BCUT2D eigenvalue weighted by atomic mass is 35.5. The average Bonchev–Trinajstić information content (AvgIpc) is 2.58. The number of rotatable bonds is 4. The molecule has 0 spiro atoms. The molecule has 0 atom stereocenters. The molecule has 1 fully saturated rings. The van der Waals surface area contributed by atoms with Crippen LogP contribution in [0.25, 0.3) is 0 Å². The SMILES string of the molecule is Cc1ccc(CCc2ccc(N3CCNCC3)c(Cl)c2Cl)cc1. The number of anilines is 1. The van der Waals surface area contributed by atoms with Gasteiger partial charge in [-0.1, -0.05) is 59.1 Å². The summed E-state index contributed by atoms with van der Waals surface area (Å²) in [6, 6.07) is 12.9. The number of nitrogens with zero attached hydrogens (tertiary/aromatic N) is 1. The summed E-state index contributed by atoms with van der Waals surface area (Å²) in [5.41, 5.74) is 4.79. The van der Waals surface area contributed by atoms with Crippen LogP contribution in [0.5, 0.6) is 0 Å². The van der Waals surface area contributed by atoms with Gasteiger partial charge in [-0.05, 0) is 37.0 Å². The Bertz CT molecular complexity index is 662. The molecule has 1 aliphatic rings. The van der Waals surface area contributed by atoms with Gasteiger partial charge < -0.3 is 10.2 Å². The van der Waals surface area contributed by atoms with Gasteiger partial charge in [0.2, 0.25) is 0 Å². The molecule has 1 heterocycles. The maximum Gasteiger partial charge on any atom is 0.0828 e. The van der Waals surface area contributed by atoms with E-state index in [0.717, 1.165) is 50.3 Å². The van der Waals surface area contributed by atoms with Gasteiger partial charge in [0.25, 0.3) is 0 Å². The predicted octanol–water partition coefficient (Wildman–Crippen LogP) is 4.50. The zero-order valence-corrected chi connectivity index (χ0v) is 14.9. The van der Waals surface area contributed by atoms with Crippen LogP contribution in [0, 0.1) is 6.92 Å². The summed E-state index contributed by atoms with van der Waals surface area (Å²) in [6.45, 7) is 6.03. The molecule has 2 aromatic rings. The van der Waals surface area contributed by atoms with E-state index in [1.807, 2.05) is 0 Å². The monoisotopic (exact) mass is 348 g/mol. The largest absolute Gasteiger partial charge is 0.368 e. The molecule has 4 heteroatoms. The first-order valence-corrected chi connectivity index (χ1v) is 8.89. The maximum atomic E-state index is 6.54. The molecule has 0 amide bonds. The van der Waals surface area contributed by atoms with Crippen LogP contribution in [-0.2, 0) is 12.8 Å². The zero-order chi connectivity index (χ0) is 16.2. The van der Waals surface area contributed by atoms with Gasteiger partial charge in [-0.2, -0.15) is 0 Å². The van der Waals surface area contributed by atoms with Gasteiger partial charge >= 0.3 is 0 Å². The minimum atomic E-state index is 0.690. The van der Waals surface area contributed by atoms with Crippen molar-refractivity contribution in [2.45, 2.75) is 19.8 Å². The Balaban J connectivity index is 1.73. The average molecular weight is 349 g/mol. The van der Waals surface area contributed by atoms with E-state index in [9.17, 15) is 0 Å². The summed E-state index contributed by atoms with van der Waals surface area (Å²) in [5.74, 6) is 0. The number of nitrogens with one attached hydrogen (secondary N) is 1. The fourth-order valence-electron chi connectivity index (χ4n) is 2.96. The minimum Gasteiger partial charge on any atom is -0.368 e. The zero-order valence-electron chi connectivity index (χ0n) is 13.4. The van der Waals surface area contributed by atoms with Crippen LogP contribution in [0.15, 0.2) is 36.4 Å². The van der Waals surface area contributed by atoms with Gasteiger partial charge in [0.05, 0.1) is 15.7 Å². The highest BCUT2D eigenvalue weighted by molar-refractivity contribution is 6.44. The van der Waals surface area contributed by atoms with Crippen LogP contribution in [0.3, 0.4) is 0 Å². The lowest BCUT2D eigenvalue weighted by atomic mass is 10.0. The molecule has 1 aliphatic heterocycles. The summed E-state index contributed by atoms with van der Waals surface area (Å²) < 4.78 is 0.